The van der Waals surface area contributed by atoms with Crippen LogP contribution in [0.3, 0.4) is 0 Å². The van der Waals surface area contributed by atoms with E-state index in [1.807, 2.05) is 5.32 Å². The molecule has 1 rings (SSSR count). The highest BCUT2D eigenvalue weighted by atomic mass is 19.1. The average Bonchev–Trinajstić information content (AvgIpc) is 2.29. The second kappa shape index (κ2) is 5.75. The average molecular weight is 282 g/mol. The fourth-order valence-corrected chi connectivity index (χ4v) is 1.88. The first kappa shape index (κ1) is 15.7. The Morgan fingerprint density at radius 3 is 2.32 bits per heavy atom. The molecule has 2 unspecified atom stereocenters. The Bertz CT molecular complexity index is 350. The molecule has 19 heavy (non-hydrogen) atoms. The van der Waals surface area contributed by atoms with Gasteiger partial charge in [-0.1, -0.05) is 0 Å². The van der Waals surface area contributed by atoms with Gasteiger partial charge in [-0.2, -0.15) is 0 Å². The first-order valence-electron chi connectivity index (χ1n) is 5.31. The van der Waals surface area contributed by atoms with Gasteiger partial charge < -0.3 is 30.5 Å². The van der Waals surface area contributed by atoms with Crippen molar-refractivity contribution in [1.82, 2.24) is 10.6 Å². The van der Waals surface area contributed by atoms with Crippen LogP contribution in [0.4, 0.5) is 9.18 Å². The van der Waals surface area contributed by atoms with Crippen LogP contribution in [0.5, 0.6) is 0 Å². The summed E-state index contributed by atoms with van der Waals surface area (Å²) in [6.45, 7) is 0.241. The van der Waals surface area contributed by atoms with E-state index in [-0.39, 0.29) is 0 Å². The van der Waals surface area contributed by atoms with E-state index in [1.54, 1.807) is 0 Å². The number of carbonyl (C=O) groups excluding carboxylic acids is 2. The van der Waals surface area contributed by atoms with Crippen molar-refractivity contribution in [1.29, 1.82) is 0 Å². The van der Waals surface area contributed by atoms with Crippen LogP contribution in [-0.4, -0.2) is 69.4 Å². The Morgan fingerprint density at radius 2 is 1.89 bits per heavy atom. The Balaban J connectivity index is 3.12. The van der Waals surface area contributed by atoms with Gasteiger partial charge in [-0.25, -0.2) is 4.79 Å². The maximum atomic E-state index is 12.5. The monoisotopic (exact) mass is 282 g/mol. The van der Waals surface area contributed by atoms with Gasteiger partial charge in [0.2, 0.25) is 12.2 Å². The summed E-state index contributed by atoms with van der Waals surface area (Å²) in [4.78, 5) is 21.6. The molecule has 0 bridgehead atoms. The molecule has 2 amide bonds. The van der Waals surface area contributed by atoms with E-state index in [1.165, 1.54) is 5.32 Å². The van der Waals surface area contributed by atoms with Crippen LogP contribution in [0.25, 0.3) is 0 Å². The first-order valence-corrected chi connectivity index (χ1v) is 5.31. The standard InChI is InChI=1S/C9H15FN2O7/c1-3(14)11-9(12-8(10)18)6(16)5(15)4(2-13)19-7(9)17/h4-7,13,15-17H,2H2,1H3,(H,11,14)(H,12,18)/t4?,5-,6+,7-,9?/m1/s1. The molecular formula is C9H15FN2O7. The Kier molecular flexibility index (Phi) is 4.76. The normalized spacial score (nSPS) is 38.6. The number of carbonyl (C=O) groups is 2. The number of aliphatic hydroxyl groups is 4. The molecule has 1 aliphatic heterocycles. The maximum absolute atomic E-state index is 12.5. The van der Waals surface area contributed by atoms with Crippen molar-refractivity contribution in [3.8, 4) is 0 Å². The summed E-state index contributed by atoms with van der Waals surface area (Å²) in [5.41, 5.74) is -2.46. The summed E-state index contributed by atoms with van der Waals surface area (Å²) in [7, 11) is 0. The number of nitrogens with one attached hydrogen (secondary N) is 2. The van der Waals surface area contributed by atoms with Gasteiger partial charge in [-0.15, -0.1) is 4.39 Å². The molecule has 0 aliphatic carbocycles. The number of hydrogen-bond acceptors (Lipinski definition) is 7. The van der Waals surface area contributed by atoms with E-state index < -0.39 is 48.9 Å². The molecule has 5 atom stereocenters. The minimum Gasteiger partial charge on any atom is -0.394 e. The molecule has 1 saturated heterocycles. The number of halogens is 1. The van der Waals surface area contributed by atoms with E-state index in [4.69, 9.17) is 9.84 Å². The lowest BCUT2D eigenvalue weighted by molar-refractivity contribution is -0.288. The Morgan fingerprint density at radius 1 is 1.32 bits per heavy atom. The third-order valence-corrected chi connectivity index (χ3v) is 2.73. The van der Waals surface area contributed by atoms with Crippen LogP contribution < -0.4 is 10.6 Å². The number of ether oxygens (including phenoxy) is 1. The number of amides is 2. The topological polar surface area (TPSA) is 148 Å². The van der Waals surface area contributed by atoms with Crippen molar-refractivity contribution in [3.05, 3.63) is 0 Å². The van der Waals surface area contributed by atoms with E-state index in [9.17, 15) is 29.3 Å². The van der Waals surface area contributed by atoms with Gasteiger partial charge in [0.1, 0.15) is 18.3 Å². The van der Waals surface area contributed by atoms with E-state index in [0.717, 1.165) is 6.92 Å². The van der Waals surface area contributed by atoms with E-state index in [2.05, 4.69) is 0 Å². The minimum absolute atomic E-state index is 0.741. The maximum Gasteiger partial charge on any atom is 0.399 e. The summed E-state index contributed by atoms with van der Waals surface area (Å²) in [6, 6.07) is 0. The zero-order valence-corrected chi connectivity index (χ0v) is 9.91. The molecule has 1 fully saturated rings. The predicted molar refractivity (Wildman–Crippen MR) is 56.2 cm³/mol. The van der Waals surface area contributed by atoms with Crippen molar-refractivity contribution in [3.63, 3.8) is 0 Å². The molecule has 1 heterocycles. The van der Waals surface area contributed by atoms with Gasteiger partial charge in [-0.05, 0) is 0 Å². The van der Waals surface area contributed by atoms with Crippen molar-refractivity contribution >= 4 is 12.1 Å². The summed E-state index contributed by atoms with van der Waals surface area (Å²) in [6.07, 6.45) is -9.37. The Hall–Kier alpha value is -1.33. The molecule has 110 valence electrons. The molecular weight excluding hydrogens is 267 g/mol. The molecule has 6 N–H and O–H groups in total. The van der Waals surface area contributed by atoms with E-state index >= 15 is 0 Å². The zero-order chi connectivity index (χ0) is 14.8. The van der Waals surface area contributed by atoms with E-state index in [0.29, 0.717) is 0 Å². The lowest BCUT2D eigenvalue weighted by Gasteiger charge is -2.48. The highest BCUT2D eigenvalue weighted by molar-refractivity contribution is 5.75. The van der Waals surface area contributed by atoms with Gasteiger partial charge >= 0.3 is 6.16 Å². The first-order chi connectivity index (χ1) is 8.74. The molecule has 9 nitrogen and oxygen atoms in total. The quantitative estimate of drug-likeness (QED) is 0.183. The second-order valence-electron chi connectivity index (χ2n) is 4.09. The number of hydrogen-bond donors (Lipinski definition) is 6. The molecule has 0 aromatic heterocycles. The SMILES string of the molecule is CC(=O)NC1(NC(=O)F)[C@H](O)OC(CO)[C@@H](O)[C@@H]1O. The third kappa shape index (κ3) is 2.98. The fraction of sp³-hybridized carbons (Fsp3) is 0.778. The highest BCUT2D eigenvalue weighted by Crippen LogP contribution is 2.27. The Labute approximate surface area is 107 Å². The van der Waals surface area contributed by atoms with Crippen molar-refractivity contribution < 1.29 is 39.1 Å². The van der Waals surface area contributed by atoms with Gasteiger partial charge in [0, 0.05) is 6.92 Å². The summed E-state index contributed by atoms with van der Waals surface area (Å²) in [5, 5.41) is 41.5. The molecule has 0 aromatic carbocycles. The molecule has 1 aliphatic rings. The molecule has 10 heteroatoms. The van der Waals surface area contributed by atoms with Crippen molar-refractivity contribution in [2.75, 3.05) is 6.61 Å². The summed E-state index contributed by atoms with van der Waals surface area (Å²) < 4.78 is 17.3. The lowest BCUT2D eigenvalue weighted by atomic mass is 9.90. The summed E-state index contributed by atoms with van der Waals surface area (Å²) in [5.74, 6) is -0.829. The van der Waals surface area contributed by atoms with Crippen LogP contribution in [0.1, 0.15) is 6.92 Å². The highest BCUT2D eigenvalue weighted by Gasteiger charge is 2.57. The third-order valence-electron chi connectivity index (χ3n) is 2.73. The van der Waals surface area contributed by atoms with Crippen LogP contribution in [0.15, 0.2) is 0 Å². The smallest absolute Gasteiger partial charge is 0.394 e. The molecule has 0 spiro atoms. The molecule has 0 aromatic rings. The fourth-order valence-electron chi connectivity index (χ4n) is 1.88. The van der Waals surface area contributed by atoms with Crippen LogP contribution in [-0.2, 0) is 9.53 Å². The summed E-state index contributed by atoms with van der Waals surface area (Å²) >= 11 is 0. The van der Waals surface area contributed by atoms with Crippen LogP contribution in [0.2, 0.25) is 0 Å². The number of rotatable bonds is 3. The van der Waals surface area contributed by atoms with Crippen molar-refractivity contribution in [2.24, 2.45) is 0 Å². The van der Waals surface area contributed by atoms with Gasteiger partial charge in [-0.3, -0.25) is 10.1 Å². The zero-order valence-electron chi connectivity index (χ0n) is 9.91. The van der Waals surface area contributed by atoms with Gasteiger partial charge in [0.05, 0.1) is 6.61 Å². The van der Waals surface area contributed by atoms with Gasteiger partial charge in [0.25, 0.3) is 0 Å². The lowest BCUT2D eigenvalue weighted by Crippen LogP contribution is -2.79. The van der Waals surface area contributed by atoms with Gasteiger partial charge in [0.15, 0.2) is 5.66 Å². The largest absolute Gasteiger partial charge is 0.399 e. The molecule has 0 saturated carbocycles. The van der Waals surface area contributed by atoms with Crippen molar-refractivity contribution in [2.45, 2.75) is 37.2 Å². The second-order valence-corrected chi connectivity index (χ2v) is 4.09. The van der Waals surface area contributed by atoms with Crippen LogP contribution >= 0.6 is 0 Å². The predicted octanol–water partition coefficient (Wildman–Crippen LogP) is -3.07. The molecule has 0 radical (unpaired) electrons. The number of aliphatic hydroxyl groups excluding tert-OH is 4. The van der Waals surface area contributed by atoms with Crippen LogP contribution in [0, 0.1) is 0 Å². The minimum atomic E-state index is -2.46.